The number of hydrogen-bond donors (Lipinski definition) is 0. The van der Waals surface area contributed by atoms with E-state index in [-0.39, 0.29) is 23.4 Å². The van der Waals surface area contributed by atoms with Gasteiger partial charge in [0.15, 0.2) is 12.4 Å². The molecule has 186 valence electrons. The minimum atomic E-state index is -0.550. The van der Waals surface area contributed by atoms with Crippen LogP contribution < -0.4 is 9.67 Å². The molecule has 0 aliphatic carbocycles. The van der Waals surface area contributed by atoms with Gasteiger partial charge in [-0.3, -0.25) is 14.5 Å². The molecule has 0 atom stereocenters. The highest BCUT2D eigenvalue weighted by molar-refractivity contribution is 6.44. The highest BCUT2D eigenvalue weighted by Crippen LogP contribution is 2.37. The second-order valence-corrected chi connectivity index (χ2v) is 8.96. The minimum absolute atomic E-state index is 0.0262. The summed E-state index contributed by atoms with van der Waals surface area (Å²) < 4.78 is 16.3. The number of rotatable bonds is 7. The van der Waals surface area contributed by atoms with Gasteiger partial charge in [-0.1, -0.05) is 43.7 Å². The fourth-order valence-corrected chi connectivity index (χ4v) is 4.54. The summed E-state index contributed by atoms with van der Waals surface area (Å²) in [7, 11) is 0. The number of hydrogen-bond acceptors (Lipinski definition) is 4. The van der Waals surface area contributed by atoms with Crippen LogP contribution in [-0.4, -0.2) is 26.5 Å². The van der Waals surface area contributed by atoms with Gasteiger partial charge in [0, 0.05) is 17.2 Å². The van der Waals surface area contributed by atoms with Crippen LogP contribution in [0.2, 0.25) is 0 Å². The predicted octanol–water partition coefficient (Wildman–Crippen LogP) is 3.57. The molecule has 0 spiro atoms. The third-order valence-electron chi connectivity index (χ3n) is 6.26. The molecule has 2 aromatic carbocycles. The highest BCUT2D eigenvalue weighted by Gasteiger charge is 2.46. The fourth-order valence-electron chi connectivity index (χ4n) is 4.54. The molecular formula is C29H25FN4O3. The number of pyridine rings is 1. The first-order valence-electron chi connectivity index (χ1n) is 12.1. The van der Waals surface area contributed by atoms with Crippen molar-refractivity contribution in [2.75, 3.05) is 0 Å². The van der Waals surface area contributed by atoms with E-state index in [1.165, 1.54) is 33.8 Å². The van der Waals surface area contributed by atoms with Crippen LogP contribution in [-0.2, 0) is 22.6 Å². The number of nitrogens with zero attached hydrogens (tertiary/aromatic N) is 4. The molecule has 2 amide bonds. The first kappa shape index (κ1) is 24.1. The van der Waals surface area contributed by atoms with Crippen LogP contribution in [0, 0.1) is 12.7 Å². The van der Waals surface area contributed by atoms with Crippen molar-refractivity contribution >= 4 is 23.1 Å². The van der Waals surface area contributed by atoms with Gasteiger partial charge in [0.05, 0.1) is 17.9 Å². The van der Waals surface area contributed by atoms with E-state index in [2.05, 4.69) is 5.10 Å². The summed E-state index contributed by atoms with van der Waals surface area (Å²) in [4.78, 5) is 28.8. The van der Waals surface area contributed by atoms with Gasteiger partial charge in [-0.25, -0.2) is 9.07 Å². The average Bonchev–Trinajstić information content (AvgIpc) is 3.33. The smallest absolute Gasteiger partial charge is 0.327 e. The maximum Gasteiger partial charge on any atom is 0.327 e. The topological polar surface area (TPSA) is 82.1 Å². The van der Waals surface area contributed by atoms with E-state index in [1.54, 1.807) is 23.0 Å². The summed E-state index contributed by atoms with van der Waals surface area (Å²) in [6.45, 7) is 3.90. The normalized spacial score (nSPS) is 13.6. The number of benzene rings is 2. The number of imide groups is 1. The molecule has 37 heavy (non-hydrogen) atoms. The predicted molar refractivity (Wildman–Crippen MR) is 133 cm³/mol. The Morgan fingerprint density at radius 2 is 1.70 bits per heavy atom. The van der Waals surface area contributed by atoms with Crippen LogP contribution in [0.1, 0.15) is 35.7 Å². The summed E-state index contributed by atoms with van der Waals surface area (Å²) in [5.74, 6) is -2.01. The second-order valence-electron chi connectivity index (χ2n) is 8.96. The van der Waals surface area contributed by atoms with E-state index < -0.39 is 23.5 Å². The highest BCUT2D eigenvalue weighted by atomic mass is 19.1. The Morgan fingerprint density at radius 3 is 2.38 bits per heavy atom. The zero-order valence-electron chi connectivity index (χ0n) is 20.5. The molecule has 0 unspecified atom stereocenters. The van der Waals surface area contributed by atoms with Gasteiger partial charge in [-0.05, 0) is 55.1 Å². The summed E-state index contributed by atoms with van der Waals surface area (Å²) in [5.41, 5.74) is 2.70. The molecule has 0 fully saturated rings. The van der Waals surface area contributed by atoms with E-state index in [9.17, 15) is 19.1 Å². The molecule has 8 heteroatoms. The lowest BCUT2D eigenvalue weighted by Gasteiger charge is -2.15. The van der Waals surface area contributed by atoms with Crippen molar-refractivity contribution in [1.82, 2.24) is 14.7 Å². The van der Waals surface area contributed by atoms with Crippen molar-refractivity contribution in [2.24, 2.45) is 0 Å². The number of halogens is 1. The molecule has 4 aromatic rings. The van der Waals surface area contributed by atoms with Gasteiger partial charge in [0.1, 0.15) is 11.4 Å². The zero-order valence-corrected chi connectivity index (χ0v) is 20.5. The van der Waals surface area contributed by atoms with Crippen molar-refractivity contribution in [3.63, 3.8) is 0 Å². The van der Waals surface area contributed by atoms with Crippen LogP contribution in [0.25, 0.3) is 17.0 Å². The van der Waals surface area contributed by atoms with Gasteiger partial charge >= 0.3 is 5.91 Å². The first-order valence-corrected chi connectivity index (χ1v) is 12.1. The molecule has 2 aromatic heterocycles. The molecule has 0 saturated carbocycles. The molecule has 1 aliphatic heterocycles. The van der Waals surface area contributed by atoms with Crippen molar-refractivity contribution in [3.8, 4) is 11.6 Å². The van der Waals surface area contributed by atoms with Gasteiger partial charge in [-0.2, -0.15) is 9.67 Å². The van der Waals surface area contributed by atoms with Crippen molar-refractivity contribution < 1.29 is 23.7 Å². The lowest BCUT2D eigenvalue weighted by atomic mass is 10.0. The minimum Gasteiger partial charge on any atom is -0.858 e. The number of amides is 2. The Hall–Kier alpha value is -4.59. The monoisotopic (exact) mass is 496 g/mol. The maximum absolute atomic E-state index is 13.9. The molecule has 0 saturated heterocycles. The third-order valence-corrected chi connectivity index (χ3v) is 6.26. The molecule has 1 aliphatic rings. The summed E-state index contributed by atoms with van der Waals surface area (Å²) in [6, 6.07) is 18.3. The standard InChI is InChI=1S/C29H25FN4O3/c1-3-8-23-24(28(36)34(31-23)22-14-12-21(30)13-15-22)25-26(32-16-7-9-19(2)17-32)29(37)33(27(25)35)18-20-10-5-4-6-11-20/h4-7,9-17H,3,8,18H2,1-2H3. The Labute approximate surface area is 213 Å². The SMILES string of the molecule is CCCc1nn(-c2ccc(F)cc2)c([O-])c1C1=C([n+]2cccc(C)c2)C(=O)N(Cc2ccccc2)C1=O. The van der Waals surface area contributed by atoms with Gasteiger partial charge in [-0.15, -0.1) is 0 Å². The molecular weight excluding hydrogens is 471 g/mol. The molecule has 0 N–H and O–H groups in total. The Kier molecular flexibility index (Phi) is 6.40. The Balaban J connectivity index is 1.72. The van der Waals surface area contributed by atoms with E-state index in [1.807, 2.05) is 50.2 Å². The van der Waals surface area contributed by atoms with Gasteiger partial charge in [0.2, 0.25) is 0 Å². The van der Waals surface area contributed by atoms with Crippen LogP contribution in [0.4, 0.5) is 4.39 Å². The molecule has 0 bridgehead atoms. The van der Waals surface area contributed by atoms with Crippen LogP contribution in [0.15, 0.2) is 79.1 Å². The number of carbonyl (C=O) groups excluding carboxylic acids is 2. The van der Waals surface area contributed by atoms with E-state index in [0.717, 1.165) is 11.1 Å². The van der Waals surface area contributed by atoms with Gasteiger partial charge < -0.3 is 5.11 Å². The van der Waals surface area contributed by atoms with Crippen LogP contribution in [0.3, 0.4) is 0 Å². The lowest BCUT2D eigenvalue weighted by molar-refractivity contribution is -0.577. The summed E-state index contributed by atoms with van der Waals surface area (Å²) in [5, 5.41) is 18.3. The van der Waals surface area contributed by atoms with Crippen molar-refractivity contribution in [1.29, 1.82) is 0 Å². The lowest BCUT2D eigenvalue weighted by Crippen LogP contribution is -2.39. The van der Waals surface area contributed by atoms with Gasteiger partial charge in [0.25, 0.3) is 11.6 Å². The zero-order chi connectivity index (χ0) is 26.1. The number of aromatic nitrogens is 3. The van der Waals surface area contributed by atoms with Crippen LogP contribution in [0.5, 0.6) is 5.88 Å². The average molecular weight is 497 g/mol. The van der Waals surface area contributed by atoms with Crippen molar-refractivity contribution in [2.45, 2.75) is 33.2 Å². The third kappa shape index (κ3) is 4.42. The molecule has 7 nitrogen and oxygen atoms in total. The van der Waals surface area contributed by atoms with E-state index in [0.29, 0.717) is 24.2 Å². The van der Waals surface area contributed by atoms with E-state index >= 15 is 0 Å². The maximum atomic E-state index is 13.9. The second kappa shape index (κ2) is 9.81. The first-order chi connectivity index (χ1) is 17.9. The Morgan fingerprint density at radius 1 is 0.973 bits per heavy atom. The van der Waals surface area contributed by atoms with Crippen LogP contribution >= 0.6 is 0 Å². The molecule has 5 rings (SSSR count). The number of aryl methyl sites for hydroxylation is 2. The van der Waals surface area contributed by atoms with E-state index in [4.69, 9.17) is 0 Å². The quantitative estimate of drug-likeness (QED) is 0.289. The van der Waals surface area contributed by atoms with Crippen molar-refractivity contribution in [3.05, 3.63) is 107 Å². The summed E-state index contributed by atoms with van der Waals surface area (Å²) >= 11 is 0. The molecule has 0 radical (unpaired) electrons. The fraction of sp³-hybridized carbons (Fsp3) is 0.172. The number of carbonyl (C=O) groups is 2. The largest absolute Gasteiger partial charge is 0.858 e. The summed E-state index contributed by atoms with van der Waals surface area (Å²) in [6.07, 6.45) is 4.53. The molecule has 3 heterocycles. The Bertz CT molecular complexity index is 1520.